The fourth-order valence-electron chi connectivity index (χ4n) is 5.20. The highest BCUT2D eigenvalue weighted by Gasteiger charge is 2.34. The molecule has 47 heavy (non-hydrogen) atoms. The predicted molar refractivity (Wildman–Crippen MR) is 186 cm³/mol. The van der Waals surface area contributed by atoms with Crippen molar-refractivity contribution >= 4 is 50.9 Å². The Bertz CT molecular complexity index is 2000. The molecule has 0 saturated carbocycles. The van der Waals surface area contributed by atoms with E-state index in [1.165, 1.54) is 15.9 Å². The van der Waals surface area contributed by atoms with Crippen LogP contribution in [-0.2, 0) is 16.1 Å². The summed E-state index contributed by atoms with van der Waals surface area (Å²) >= 11 is 10.9. The van der Waals surface area contributed by atoms with Crippen molar-refractivity contribution in [3.8, 4) is 23.0 Å². The minimum absolute atomic E-state index is 0.177. The maximum absolute atomic E-state index is 14.2. The molecule has 0 unspecified atom stereocenters. The summed E-state index contributed by atoms with van der Waals surface area (Å²) in [4.78, 5) is 32.7. The van der Waals surface area contributed by atoms with Gasteiger partial charge < -0.3 is 23.7 Å². The van der Waals surface area contributed by atoms with E-state index in [-0.39, 0.29) is 17.7 Å². The number of hydrogen-bond acceptors (Lipinski definition) is 9. The van der Waals surface area contributed by atoms with Gasteiger partial charge >= 0.3 is 5.97 Å². The summed E-state index contributed by atoms with van der Waals surface area (Å²) in [5.74, 6) is 1.56. The zero-order valence-electron chi connectivity index (χ0n) is 26.6. The summed E-state index contributed by atoms with van der Waals surface area (Å²) < 4.78 is 31.4. The molecule has 12 heteroatoms. The lowest BCUT2D eigenvalue weighted by molar-refractivity contribution is -0.139. The average Bonchev–Trinajstić information content (AvgIpc) is 3.35. The van der Waals surface area contributed by atoms with Crippen LogP contribution in [0, 0.1) is 0 Å². The van der Waals surface area contributed by atoms with E-state index in [1.54, 1.807) is 57.4 Å². The van der Waals surface area contributed by atoms with Crippen molar-refractivity contribution in [3.63, 3.8) is 0 Å². The van der Waals surface area contributed by atoms with E-state index in [0.717, 1.165) is 5.56 Å². The Morgan fingerprint density at radius 3 is 2.38 bits per heavy atom. The van der Waals surface area contributed by atoms with Gasteiger partial charge in [-0.2, -0.15) is 0 Å². The molecule has 0 N–H and O–H groups in total. The number of aromatic nitrogens is 1. The molecule has 4 aromatic rings. The van der Waals surface area contributed by atoms with Crippen LogP contribution in [0.15, 0.2) is 80.1 Å². The molecule has 3 aromatic carbocycles. The van der Waals surface area contributed by atoms with Crippen molar-refractivity contribution in [2.75, 3.05) is 26.9 Å². The van der Waals surface area contributed by atoms with Crippen molar-refractivity contribution < 1.29 is 28.5 Å². The van der Waals surface area contributed by atoms with Crippen LogP contribution < -0.4 is 33.8 Å². The number of benzene rings is 3. The molecule has 5 rings (SSSR count). The number of thiazole rings is 1. The van der Waals surface area contributed by atoms with Gasteiger partial charge in [0, 0.05) is 5.02 Å². The van der Waals surface area contributed by atoms with E-state index in [9.17, 15) is 9.59 Å². The number of fused-ring (bicyclic) bond motifs is 1. The maximum Gasteiger partial charge on any atom is 0.338 e. The molecular weight excluding hydrogens is 708 g/mol. The molecule has 9 nitrogen and oxygen atoms in total. The lowest BCUT2D eigenvalue weighted by atomic mass is 9.95. The summed E-state index contributed by atoms with van der Waals surface area (Å²) in [6.07, 6.45) is 1.77. The van der Waals surface area contributed by atoms with Crippen LogP contribution in [0.3, 0.4) is 0 Å². The monoisotopic (exact) mass is 740 g/mol. The Hall–Kier alpha value is -4.06. The molecule has 0 bridgehead atoms. The van der Waals surface area contributed by atoms with E-state index >= 15 is 0 Å². The number of halogens is 2. The molecule has 0 radical (unpaired) electrons. The standard InChI is InChI=1S/C35H34BrClN2O7S/c1-6-43-26-14-11-23(18-27(26)44-7-2)31-30(34(41)45-8-3)20(4)38-35-39(31)33(40)29(47-35)17-22-15-25(36)32(28(16-22)42-5)46-19-21-9-12-24(37)13-10-21/h9-18,31H,6-8,19H2,1-5H3/b29-17-/t31-/m0/s1. The van der Waals surface area contributed by atoms with Crippen LogP contribution in [0.5, 0.6) is 23.0 Å². The zero-order valence-corrected chi connectivity index (χ0v) is 29.8. The number of rotatable bonds is 12. The Balaban J connectivity index is 1.59. The Morgan fingerprint density at radius 2 is 1.70 bits per heavy atom. The van der Waals surface area contributed by atoms with Gasteiger partial charge in [0.25, 0.3) is 5.56 Å². The first-order valence-electron chi connectivity index (χ1n) is 15.0. The number of ether oxygens (including phenoxy) is 5. The molecular formula is C35H34BrClN2O7S. The molecule has 2 heterocycles. The minimum atomic E-state index is -0.799. The number of nitrogens with zero attached hydrogens (tertiary/aromatic N) is 2. The Kier molecular flexibility index (Phi) is 11.1. The first-order chi connectivity index (χ1) is 22.7. The second-order valence-electron chi connectivity index (χ2n) is 10.3. The Labute approximate surface area is 289 Å². The van der Waals surface area contributed by atoms with E-state index in [4.69, 9.17) is 35.3 Å². The van der Waals surface area contributed by atoms with Crippen LogP contribution in [0.2, 0.25) is 5.02 Å². The molecule has 1 aliphatic rings. The third-order valence-corrected chi connectivity index (χ3v) is 9.07. The van der Waals surface area contributed by atoms with Crippen LogP contribution in [0.25, 0.3) is 6.08 Å². The number of methoxy groups -OCH3 is 1. The van der Waals surface area contributed by atoms with Crippen LogP contribution >= 0.6 is 38.9 Å². The smallest absolute Gasteiger partial charge is 0.338 e. The van der Waals surface area contributed by atoms with Crippen molar-refractivity contribution in [2.45, 2.75) is 40.3 Å². The van der Waals surface area contributed by atoms with Crippen molar-refractivity contribution in [1.29, 1.82) is 0 Å². The lowest BCUT2D eigenvalue weighted by Crippen LogP contribution is -2.40. The van der Waals surface area contributed by atoms with Gasteiger partial charge in [-0.05, 0) is 103 Å². The van der Waals surface area contributed by atoms with Gasteiger partial charge in [0.1, 0.15) is 6.61 Å². The minimum Gasteiger partial charge on any atom is -0.493 e. The number of carbonyl (C=O) groups is 1. The average molecular weight is 742 g/mol. The SMILES string of the molecule is CCOC(=O)C1=C(C)N=c2s/c(=C\c3cc(Br)c(OCc4ccc(Cl)cc4)c(OC)c3)c(=O)n2[C@H]1c1ccc(OCC)c(OCC)c1. The van der Waals surface area contributed by atoms with Gasteiger partial charge in [0.2, 0.25) is 0 Å². The molecule has 1 aliphatic heterocycles. The molecule has 1 atom stereocenters. The van der Waals surface area contributed by atoms with Crippen LogP contribution in [0.1, 0.15) is 50.4 Å². The fraction of sp³-hybridized carbons (Fsp3) is 0.286. The van der Waals surface area contributed by atoms with Gasteiger partial charge in [-0.25, -0.2) is 9.79 Å². The van der Waals surface area contributed by atoms with Crippen molar-refractivity contribution in [1.82, 2.24) is 4.57 Å². The molecule has 0 fully saturated rings. The second-order valence-corrected chi connectivity index (χ2v) is 12.6. The highest BCUT2D eigenvalue weighted by molar-refractivity contribution is 9.10. The predicted octanol–water partition coefficient (Wildman–Crippen LogP) is 6.60. The second kappa shape index (κ2) is 15.2. The summed E-state index contributed by atoms with van der Waals surface area (Å²) in [6, 6.07) is 15.7. The molecule has 0 amide bonds. The van der Waals surface area contributed by atoms with Gasteiger partial charge in [-0.1, -0.05) is 41.1 Å². The quantitative estimate of drug-likeness (QED) is 0.151. The first-order valence-corrected chi connectivity index (χ1v) is 17.0. The number of hydrogen-bond donors (Lipinski definition) is 0. The van der Waals surface area contributed by atoms with Crippen molar-refractivity contribution in [2.24, 2.45) is 4.99 Å². The van der Waals surface area contributed by atoms with E-state index in [0.29, 0.717) is 78.5 Å². The molecule has 0 saturated heterocycles. The number of esters is 1. The van der Waals surface area contributed by atoms with Gasteiger partial charge in [-0.3, -0.25) is 9.36 Å². The summed E-state index contributed by atoms with van der Waals surface area (Å²) in [7, 11) is 1.56. The number of carbonyl (C=O) groups excluding carboxylic acids is 1. The lowest BCUT2D eigenvalue weighted by Gasteiger charge is -2.25. The third kappa shape index (κ3) is 7.42. The van der Waals surface area contributed by atoms with Gasteiger partial charge in [0.15, 0.2) is 27.8 Å². The highest BCUT2D eigenvalue weighted by Crippen LogP contribution is 2.38. The highest BCUT2D eigenvalue weighted by atomic mass is 79.9. The Morgan fingerprint density at radius 1 is 0.979 bits per heavy atom. The van der Waals surface area contributed by atoms with Crippen LogP contribution in [-0.4, -0.2) is 37.5 Å². The molecule has 246 valence electrons. The molecule has 1 aromatic heterocycles. The molecule has 0 aliphatic carbocycles. The van der Waals surface area contributed by atoms with E-state index in [2.05, 4.69) is 20.9 Å². The topological polar surface area (TPSA) is 97.6 Å². The number of allylic oxidation sites excluding steroid dienone is 1. The fourth-order valence-corrected chi connectivity index (χ4v) is 6.94. The normalized spacial score (nSPS) is 14.4. The van der Waals surface area contributed by atoms with E-state index in [1.807, 2.05) is 38.1 Å². The van der Waals surface area contributed by atoms with Crippen LogP contribution in [0.4, 0.5) is 0 Å². The van der Waals surface area contributed by atoms with Crippen molar-refractivity contribution in [3.05, 3.63) is 112 Å². The molecule has 0 spiro atoms. The third-order valence-electron chi connectivity index (χ3n) is 7.25. The summed E-state index contributed by atoms with van der Waals surface area (Å²) in [6.45, 7) is 8.61. The summed E-state index contributed by atoms with van der Waals surface area (Å²) in [5.41, 5.74) is 2.76. The van der Waals surface area contributed by atoms with Gasteiger partial charge in [-0.15, -0.1) is 0 Å². The summed E-state index contributed by atoms with van der Waals surface area (Å²) in [5, 5.41) is 0.649. The van der Waals surface area contributed by atoms with Gasteiger partial charge in [0.05, 0.1) is 53.2 Å². The maximum atomic E-state index is 14.2. The largest absolute Gasteiger partial charge is 0.493 e. The first kappa shape index (κ1) is 34.3. The van der Waals surface area contributed by atoms with E-state index < -0.39 is 12.0 Å². The zero-order chi connectivity index (χ0) is 33.7.